The normalized spacial score (nSPS) is 11.6. The van der Waals surface area contributed by atoms with E-state index in [1.807, 2.05) is 24.3 Å². The number of rotatable bonds is 4. The van der Waals surface area contributed by atoms with Crippen molar-refractivity contribution in [2.45, 2.75) is 0 Å². The SMILES string of the molecule is c1ccc(-c2cc(-c3cc(-c4ccc5ccccc5c4)nc(-c4nccc5oc6ccccc6c45)n3)cc3ccccc23)cc1. The number of benzene rings is 6. The molecule has 0 bridgehead atoms. The quantitative estimate of drug-likeness (QED) is 0.209. The molecule has 0 radical (unpaired) electrons. The zero-order chi connectivity index (χ0) is 29.7. The lowest BCUT2D eigenvalue weighted by Crippen LogP contribution is -1.98. The minimum atomic E-state index is 0.558. The van der Waals surface area contributed by atoms with Crippen LogP contribution in [-0.4, -0.2) is 15.0 Å². The second-order valence-electron chi connectivity index (χ2n) is 11.3. The Morgan fingerprint density at radius 1 is 0.444 bits per heavy atom. The summed E-state index contributed by atoms with van der Waals surface area (Å²) in [7, 11) is 0. The summed E-state index contributed by atoms with van der Waals surface area (Å²) in [5.74, 6) is 0.558. The first-order chi connectivity index (χ1) is 22.3. The Morgan fingerprint density at radius 3 is 2.00 bits per heavy atom. The standard InChI is InChI=1S/C41H25N3O/c1-2-11-27(12-3-1)34-24-31(23-29-14-6-7-15-32(29)34)36-25-35(30-19-18-26-10-4-5-13-28(26)22-30)43-41(44-36)40-39-33-16-8-9-17-37(33)45-38(39)20-21-42-40/h1-25H. The van der Waals surface area contributed by atoms with Crippen LogP contribution in [0.1, 0.15) is 0 Å². The van der Waals surface area contributed by atoms with Crippen LogP contribution in [0, 0.1) is 0 Å². The number of nitrogens with zero attached hydrogens (tertiary/aromatic N) is 3. The van der Waals surface area contributed by atoms with Crippen LogP contribution in [0.5, 0.6) is 0 Å². The molecule has 6 aromatic carbocycles. The molecule has 0 spiro atoms. The largest absolute Gasteiger partial charge is 0.456 e. The summed E-state index contributed by atoms with van der Waals surface area (Å²) in [5, 5.41) is 6.62. The fourth-order valence-electron chi connectivity index (χ4n) is 6.35. The summed E-state index contributed by atoms with van der Waals surface area (Å²) in [6.07, 6.45) is 1.77. The monoisotopic (exact) mass is 575 g/mol. The van der Waals surface area contributed by atoms with Gasteiger partial charge in [0.2, 0.25) is 0 Å². The first kappa shape index (κ1) is 25.4. The minimum Gasteiger partial charge on any atom is -0.456 e. The van der Waals surface area contributed by atoms with Crippen LogP contribution in [0.25, 0.3) is 88.6 Å². The van der Waals surface area contributed by atoms with Crippen LogP contribution in [0.15, 0.2) is 156 Å². The predicted molar refractivity (Wildman–Crippen MR) is 184 cm³/mol. The van der Waals surface area contributed by atoms with Crippen LogP contribution in [0.4, 0.5) is 0 Å². The number of fused-ring (bicyclic) bond motifs is 5. The Labute approximate surface area is 259 Å². The number of furan rings is 1. The summed E-state index contributed by atoms with van der Waals surface area (Å²) >= 11 is 0. The van der Waals surface area contributed by atoms with Gasteiger partial charge in [0.1, 0.15) is 16.9 Å². The lowest BCUT2D eigenvalue weighted by Gasteiger charge is -2.13. The molecule has 9 rings (SSSR count). The van der Waals surface area contributed by atoms with Gasteiger partial charge in [0.15, 0.2) is 5.82 Å². The van der Waals surface area contributed by atoms with Gasteiger partial charge in [-0.3, -0.25) is 4.98 Å². The van der Waals surface area contributed by atoms with E-state index in [0.29, 0.717) is 11.5 Å². The van der Waals surface area contributed by atoms with Crippen molar-refractivity contribution in [3.8, 4) is 45.2 Å². The lowest BCUT2D eigenvalue weighted by molar-refractivity contribution is 0.668. The van der Waals surface area contributed by atoms with Gasteiger partial charge < -0.3 is 4.42 Å². The molecule has 0 aliphatic carbocycles. The second kappa shape index (κ2) is 10.2. The highest BCUT2D eigenvalue weighted by Gasteiger charge is 2.19. The molecule has 4 nitrogen and oxygen atoms in total. The Bertz CT molecular complexity index is 2550. The number of hydrogen-bond donors (Lipinski definition) is 0. The maximum Gasteiger partial charge on any atom is 0.180 e. The third kappa shape index (κ3) is 4.35. The van der Waals surface area contributed by atoms with Gasteiger partial charge in [-0.1, -0.05) is 109 Å². The molecule has 0 aliphatic rings. The number of hydrogen-bond acceptors (Lipinski definition) is 4. The molecular weight excluding hydrogens is 550 g/mol. The van der Waals surface area contributed by atoms with E-state index in [0.717, 1.165) is 66.4 Å². The molecule has 3 aromatic heterocycles. The van der Waals surface area contributed by atoms with Crippen molar-refractivity contribution in [2.24, 2.45) is 0 Å². The van der Waals surface area contributed by atoms with Crippen molar-refractivity contribution < 1.29 is 4.42 Å². The van der Waals surface area contributed by atoms with E-state index >= 15 is 0 Å². The first-order valence-corrected chi connectivity index (χ1v) is 15.0. The molecule has 0 saturated heterocycles. The van der Waals surface area contributed by atoms with Gasteiger partial charge >= 0.3 is 0 Å². The molecule has 3 heterocycles. The van der Waals surface area contributed by atoms with Crippen LogP contribution >= 0.6 is 0 Å². The fraction of sp³-hybridized carbons (Fsp3) is 0. The molecule has 4 heteroatoms. The molecule has 0 unspecified atom stereocenters. The maximum absolute atomic E-state index is 6.21. The van der Waals surface area contributed by atoms with Crippen LogP contribution in [-0.2, 0) is 0 Å². The Hall–Kier alpha value is -6.13. The van der Waals surface area contributed by atoms with E-state index in [9.17, 15) is 0 Å². The van der Waals surface area contributed by atoms with Gasteiger partial charge in [0.05, 0.1) is 16.8 Å². The molecule has 0 aliphatic heterocycles. The number of para-hydroxylation sites is 1. The van der Waals surface area contributed by atoms with Crippen LogP contribution in [0.3, 0.4) is 0 Å². The minimum absolute atomic E-state index is 0.558. The van der Waals surface area contributed by atoms with Gasteiger partial charge in [-0.2, -0.15) is 0 Å². The smallest absolute Gasteiger partial charge is 0.180 e. The highest BCUT2D eigenvalue weighted by molar-refractivity contribution is 6.10. The van der Waals surface area contributed by atoms with Crippen molar-refractivity contribution in [1.82, 2.24) is 15.0 Å². The van der Waals surface area contributed by atoms with Crippen molar-refractivity contribution in [3.05, 3.63) is 152 Å². The Balaban J connectivity index is 1.33. The van der Waals surface area contributed by atoms with Gasteiger partial charge in [0.25, 0.3) is 0 Å². The zero-order valence-electron chi connectivity index (χ0n) is 24.2. The third-order valence-electron chi connectivity index (χ3n) is 8.51. The Kier molecular flexibility index (Phi) is 5.78. The van der Waals surface area contributed by atoms with Gasteiger partial charge in [-0.15, -0.1) is 0 Å². The lowest BCUT2D eigenvalue weighted by atomic mass is 9.94. The topological polar surface area (TPSA) is 51.8 Å². The third-order valence-corrected chi connectivity index (χ3v) is 8.51. The molecule has 0 atom stereocenters. The number of aromatic nitrogens is 3. The summed E-state index contributed by atoms with van der Waals surface area (Å²) in [6.45, 7) is 0. The van der Waals surface area contributed by atoms with Crippen molar-refractivity contribution in [1.29, 1.82) is 0 Å². The van der Waals surface area contributed by atoms with E-state index < -0.39 is 0 Å². The van der Waals surface area contributed by atoms with E-state index in [1.165, 1.54) is 10.8 Å². The summed E-state index contributed by atoms with van der Waals surface area (Å²) in [6, 6.07) is 50.5. The van der Waals surface area contributed by atoms with Gasteiger partial charge in [-0.25, -0.2) is 9.97 Å². The maximum atomic E-state index is 6.21. The van der Waals surface area contributed by atoms with Crippen molar-refractivity contribution in [3.63, 3.8) is 0 Å². The highest BCUT2D eigenvalue weighted by Crippen LogP contribution is 2.38. The molecule has 45 heavy (non-hydrogen) atoms. The van der Waals surface area contributed by atoms with Crippen LogP contribution < -0.4 is 0 Å². The van der Waals surface area contributed by atoms with E-state index in [2.05, 4.69) is 121 Å². The molecule has 9 aromatic rings. The average molecular weight is 576 g/mol. The van der Waals surface area contributed by atoms with Gasteiger partial charge in [0, 0.05) is 22.7 Å². The Morgan fingerprint density at radius 2 is 1.13 bits per heavy atom. The highest BCUT2D eigenvalue weighted by atomic mass is 16.3. The molecule has 0 fully saturated rings. The zero-order valence-corrected chi connectivity index (χ0v) is 24.2. The molecular formula is C41H25N3O. The second-order valence-corrected chi connectivity index (χ2v) is 11.3. The summed E-state index contributed by atoms with van der Waals surface area (Å²) in [4.78, 5) is 15.2. The average Bonchev–Trinajstić information content (AvgIpc) is 3.50. The molecule has 210 valence electrons. The first-order valence-electron chi connectivity index (χ1n) is 15.0. The van der Waals surface area contributed by atoms with E-state index in [-0.39, 0.29) is 0 Å². The van der Waals surface area contributed by atoms with Gasteiger partial charge in [-0.05, 0) is 69.1 Å². The molecule has 0 amide bonds. The summed E-state index contributed by atoms with van der Waals surface area (Å²) in [5.41, 5.74) is 8.31. The molecule has 0 saturated carbocycles. The van der Waals surface area contributed by atoms with E-state index in [1.54, 1.807) is 6.20 Å². The predicted octanol–water partition coefficient (Wildman–Crippen LogP) is 10.7. The summed E-state index contributed by atoms with van der Waals surface area (Å²) < 4.78 is 6.21. The van der Waals surface area contributed by atoms with Crippen molar-refractivity contribution >= 4 is 43.5 Å². The fourth-order valence-corrected chi connectivity index (χ4v) is 6.35. The molecule has 0 N–H and O–H groups in total. The van der Waals surface area contributed by atoms with Crippen molar-refractivity contribution in [2.75, 3.05) is 0 Å². The van der Waals surface area contributed by atoms with E-state index in [4.69, 9.17) is 19.4 Å². The number of pyridine rings is 1. The van der Waals surface area contributed by atoms with Crippen LogP contribution in [0.2, 0.25) is 0 Å².